The molecule has 0 radical (unpaired) electrons. The lowest BCUT2D eigenvalue weighted by molar-refractivity contribution is 0.0213. The standard InChI is InChI=1S/C15H18N2O3/c1-15(6-3-7-20-15)13(18)10-4-5-12-11(8-10)9-17(2)14(19)16-12/h4-5,8H,3,6-7,9H2,1-2H3,(H,16,19). The monoisotopic (exact) mass is 274 g/mol. The predicted octanol–water partition coefficient (Wildman–Crippen LogP) is 2.42. The third kappa shape index (κ3) is 2.08. The Kier molecular flexibility index (Phi) is 3.01. The van der Waals surface area contributed by atoms with Crippen LogP contribution in [0.2, 0.25) is 0 Å². The first kappa shape index (κ1) is 13.1. The van der Waals surface area contributed by atoms with Crippen LogP contribution in [0.4, 0.5) is 10.5 Å². The Balaban J connectivity index is 1.91. The molecule has 1 aromatic rings. The Morgan fingerprint density at radius 2 is 2.25 bits per heavy atom. The van der Waals surface area contributed by atoms with Gasteiger partial charge in [0.2, 0.25) is 0 Å². The lowest BCUT2D eigenvalue weighted by atomic mass is 9.90. The van der Waals surface area contributed by atoms with Gasteiger partial charge in [-0.15, -0.1) is 0 Å². The maximum Gasteiger partial charge on any atom is 0.321 e. The molecule has 1 saturated heterocycles. The highest BCUT2D eigenvalue weighted by atomic mass is 16.5. The van der Waals surface area contributed by atoms with Gasteiger partial charge in [-0.1, -0.05) is 0 Å². The topological polar surface area (TPSA) is 58.6 Å². The summed E-state index contributed by atoms with van der Waals surface area (Å²) in [5.74, 6) is 0.0253. The Labute approximate surface area is 117 Å². The molecule has 0 spiro atoms. The van der Waals surface area contributed by atoms with E-state index < -0.39 is 5.60 Å². The molecule has 2 aliphatic rings. The molecule has 1 atom stereocenters. The van der Waals surface area contributed by atoms with Crippen molar-refractivity contribution >= 4 is 17.5 Å². The minimum absolute atomic E-state index is 0.0253. The van der Waals surface area contributed by atoms with Gasteiger partial charge in [0, 0.05) is 31.5 Å². The zero-order chi connectivity index (χ0) is 14.3. The van der Waals surface area contributed by atoms with Crippen molar-refractivity contribution in [3.05, 3.63) is 29.3 Å². The number of benzene rings is 1. The highest BCUT2D eigenvalue weighted by Gasteiger charge is 2.38. The Morgan fingerprint density at radius 3 is 2.95 bits per heavy atom. The highest BCUT2D eigenvalue weighted by molar-refractivity contribution is 6.03. The number of hydrogen-bond acceptors (Lipinski definition) is 3. The smallest absolute Gasteiger partial charge is 0.321 e. The van der Waals surface area contributed by atoms with Gasteiger partial charge in [0.25, 0.3) is 0 Å². The molecule has 3 rings (SSSR count). The van der Waals surface area contributed by atoms with Gasteiger partial charge in [-0.05, 0) is 43.5 Å². The van der Waals surface area contributed by atoms with Crippen molar-refractivity contribution in [3.63, 3.8) is 0 Å². The van der Waals surface area contributed by atoms with Gasteiger partial charge in [0.1, 0.15) is 5.60 Å². The SMILES string of the molecule is CN1Cc2cc(C(=O)C3(C)CCCO3)ccc2NC1=O. The van der Waals surface area contributed by atoms with Crippen molar-refractivity contribution in [3.8, 4) is 0 Å². The molecule has 2 heterocycles. The number of hydrogen-bond donors (Lipinski definition) is 1. The number of ether oxygens (including phenoxy) is 1. The normalized spacial score (nSPS) is 25.3. The highest BCUT2D eigenvalue weighted by Crippen LogP contribution is 2.31. The Bertz CT molecular complexity index is 576. The summed E-state index contributed by atoms with van der Waals surface area (Å²) in [6.45, 7) is 3.02. The fourth-order valence-corrected chi connectivity index (χ4v) is 2.79. The number of fused-ring (bicyclic) bond motifs is 1. The van der Waals surface area contributed by atoms with Crippen LogP contribution in [-0.2, 0) is 11.3 Å². The molecule has 20 heavy (non-hydrogen) atoms. The summed E-state index contributed by atoms with van der Waals surface area (Å²) in [5.41, 5.74) is 1.69. The lowest BCUT2D eigenvalue weighted by Gasteiger charge is -2.27. The molecule has 0 aliphatic carbocycles. The number of carbonyl (C=O) groups excluding carboxylic acids is 2. The summed E-state index contributed by atoms with van der Waals surface area (Å²) in [5, 5.41) is 2.80. The molecule has 5 nitrogen and oxygen atoms in total. The molecular formula is C15H18N2O3. The first-order valence-electron chi connectivity index (χ1n) is 6.83. The van der Waals surface area contributed by atoms with Crippen molar-refractivity contribution in [2.75, 3.05) is 19.0 Å². The van der Waals surface area contributed by atoms with E-state index in [4.69, 9.17) is 4.74 Å². The zero-order valence-electron chi connectivity index (χ0n) is 11.7. The maximum absolute atomic E-state index is 12.6. The molecule has 1 unspecified atom stereocenters. The number of amides is 2. The third-order valence-electron chi connectivity index (χ3n) is 4.06. The quantitative estimate of drug-likeness (QED) is 0.843. The number of carbonyl (C=O) groups is 2. The van der Waals surface area contributed by atoms with Crippen LogP contribution in [0.1, 0.15) is 35.7 Å². The molecular weight excluding hydrogens is 256 g/mol. The second-order valence-corrected chi connectivity index (χ2v) is 5.67. The van der Waals surface area contributed by atoms with Crippen LogP contribution in [0.15, 0.2) is 18.2 Å². The van der Waals surface area contributed by atoms with Crippen LogP contribution < -0.4 is 5.32 Å². The molecule has 2 aliphatic heterocycles. The van der Waals surface area contributed by atoms with Gasteiger partial charge >= 0.3 is 6.03 Å². The zero-order valence-corrected chi connectivity index (χ0v) is 11.7. The second kappa shape index (κ2) is 4.59. The molecule has 1 N–H and O–H groups in total. The molecule has 0 bridgehead atoms. The number of nitrogens with one attached hydrogen (secondary N) is 1. The first-order chi connectivity index (χ1) is 9.49. The van der Waals surface area contributed by atoms with Gasteiger partial charge in [0.15, 0.2) is 5.78 Å². The van der Waals surface area contributed by atoms with Crippen LogP contribution in [0.25, 0.3) is 0 Å². The number of nitrogens with zero attached hydrogens (tertiary/aromatic N) is 1. The number of ketones is 1. The summed E-state index contributed by atoms with van der Waals surface area (Å²) in [6, 6.07) is 5.30. The summed E-state index contributed by atoms with van der Waals surface area (Å²) in [7, 11) is 1.73. The number of urea groups is 1. The minimum Gasteiger partial charge on any atom is -0.367 e. The van der Waals surface area contributed by atoms with Crippen LogP contribution >= 0.6 is 0 Å². The van der Waals surface area contributed by atoms with Crippen molar-refractivity contribution in [2.24, 2.45) is 0 Å². The van der Waals surface area contributed by atoms with E-state index in [9.17, 15) is 9.59 Å². The lowest BCUT2D eigenvalue weighted by Crippen LogP contribution is -2.36. The van der Waals surface area contributed by atoms with E-state index in [2.05, 4.69) is 5.32 Å². The van der Waals surface area contributed by atoms with Crippen molar-refractivity contribution in [1.82, 2.24) is 4.90 Å². The fourth-order valence-electron chi connectivity index (χ4n) is 2.79. The van der Waals surface area contributed by atoms with E-state index in [0.29, 0.717) is 18.7 Å². The summed E-state index contributed by atoms with van der Waals surface area (Å²) in [6.07, 6.45) is 1.69. The number of anilines is 1. The van der Waals surface area contributed by atoms with Crippen molar-refractivity contribution in [2.45, 2.75) is 31.9 Å². The van der Waals surface area contributed by atoms with Gasteiger partial charge in [-0.2, -0.15) is 0 Å². The summed E-state index contributed by atoms with van der Waals surface area (Å²) in [4.78, 5) is 25.7. The fraction of sp³-hybridized carbons (Fsp3) is 0.467. The number of rotatable bonds is 2. The second-order valence-electron chi connectivity index (χ2n) is 5.67. The molecule has 1 aromatic carbocycles. The van der Waals surface area contributed by atoms with E-state index >= 15 is 0 Å². The first-order valence-corrected chi connectivity index (χ1v) is 6.83. The van der Waals surface area contributed by atoms with E-state index in [0.717, 1.165) is 24.1 Å². The van der Waals surface area contributed by atoms with Crippen LogP contribution in [0, 0.1) is 0 Å². The average Bonchev–Trinajstić information content (AvgIpc) is 2.87. The number of Topliss-reactive ketones (excluding diaryl/α,β-unsaturated/α-hetero) is 1. The summed E-state index contributed by atoms with van der Waals surface area (Å²) < 4.78 is 5.61. The van der Waals surface area contributed by atoms with Gasteiger partial charge < -0.3 is 15.0 Å². The van der Waals surface area contributed by atoms with Crippen molar-refractivity contribution in [1.29, 1.82) is 0 Å². The van der Waals surface area contributed by atoms with E-state index in [-0.39, 0.29) is 11.8 Å². The predicted molar refractivity (Wildman–Crippen MR) is 74.8 cm³/mol. The van der Waals surface area contributed by atoms with Gasteiger partial charge in [0.05, 0.1) is 0 Å². The third-order valence-corrected chi connectivity index (χ3v) is 4.06. The molecule has 0 aromatic heterocycles. The van der Waals surface area contributed by atoms with Gasteiger partial charge in [-0.25, -0.2) is 4.79 Å². The van der Waals surface area contributed by atoms with Crippen molar-refractivity contribution < 1.29 is 14.3 Å². The maximum atomic E-state index is 12.6. The van der Waals surface area contributed by atoms with Crippen LogP contribution in [-0.4, -0.2) is 36.0 Å². The van der Waals surface area contributed by atoms with Crippen LogP contribution in [0.3, 0.4) is 0 Å². The molecule has 1 fully saturated rings. The Hall–Kier alpha value is -1.88. The van der Waals surface area contributed by atoms with Gasteiger partial charge in [-0.3, -0.25) is 4.79 Å². The summed E-state index contributed by atoms with van der Waals surface area (Å²) >= 11 is 0. The molecule has 106 valence electrons. The van der Waals surface area contributed by atoms with E-state index in [1.54, 1.807) is 24.1 Å². The largest absolute Gasteiger partial charge is 0.367 e. The average molecular weight is 274 g/mol. The molecule has 0 saturated carbocycles. The van der Waals surface area contributed by atoms with E-state index in [1.807, 2.05) is 13.0 Å². The molecule has 2 amide bonds. The Morgan fingerprint density at radius 1 is 1.45 bits per heavy atom. The van der Waals surface area contributed by atoms with Crippen LogP contribution in [0.5, 0.6) is 0 Å². The van der Waals surface area contributed by atoms with E-state index in [1.165, 1.54) is 0 Å². The minimum atomic E-state index is -0.696. The molecule has 5 heteroatoms.